The fraction of sp³-hybridized carbons (Fsp3) is 0.261. The smallest absolute Gasteiger partial charge is 0.279 e. The van der Waals surface area contributed by atoms with Gasteiger partial charge in [0.1, 0.15) is 11.5 Å². The molecule has 2 N–H and O–H groups in total. The summed E-state index contributed by atoms with van der Waals surface area (Å²) in [6.07, 6.45) is 1.11. The Balaban J connectivity index is 1.41. The van der Waals surface area contributed by atoms with Crippen LogP contribution in [0.25, 0.3) is 11.3 Å². The first-order valence-corrected chi connectivity index (χ1v) is 10.5. The van der Waals surface area contributed by atoms with Crippen molar-refractivity contribution in [3.8, 4) is 22.8 Å². The molecule has 0 radical (unpaired) electrons. The molecule has 0 saturated heterocycles. The van der Waals surface area contributed by atoms with Crippen molar-refractivity contribution in [3.63, 3.8) is 0 Å². The molecular weight excluding hydrogens is 434 g/mol. The number of rotatable bonds is 9. The van der Waals surface area contributed by atoms with Crippen LogP contribution >= 0.6 is 11.6 Å². The Labute approximate surface area is 190 Å². The highest BCUT2D eigenvalue weighted by Gasteiger charge is 2.16. The lowest BCUT2D eigenvalue weighted by atomic mass is 10.2. The topological polar surface area (TPSA) is 103 Å². The van der Waals surface area contributed by atoms with E-state index < -0.39 is 12.0 Å². The van der Waals surface area contributed by atoms with E-state index in [1.807, 2.05) is 25.1 Å². The largest absolute Gasteiger partial charge is 0.494 e. The van der Waals surface area contributed by atoms with Gasteiger partial charge in [-0.1, -0.05) is 23.7 Å². The van der Waals surface area contributed by atoms with E-state index in [2.05, 4.69) is 15.8 Å². The third-order valence-electron chi connectivity index (χ3n) is 4.40. The number of benzene rings is 2. The third-order valence-corrected chi connectivity index (χ3v) is 4.73. The zero-order valence-electron chi connectivity index (χ0n) is 17.8. The summed E-state index contributed by atoms with van der Waals surface area (Å²) in [5.74, 6) is 1.29. The van der Waals surface area contributed by atoms with Crippen LogP contribution < -0.4 is 20.3 Å². The number of carbonyl (C=O) groups excluding carboxylic acids is 2. The molecule has 0 aliphatic rings. The lowest BCUT2D eigenvalue weighted by molar-refractivity contribution is -0.132. The molecule has 2 amide bonds. The second-order valence-corrected chi connectivity index (χ2v) is 7.21. The number of hydrogen-bond acceptors (Lipinski definition) is 6. The summed E-state index contributed by atoms with van der Waals surface area (Å²) < 4.78 is 16.6. The second kappa shape index (κ2) is 11.2. The molecule has 2 aromatic carbocycles. The van der Waals surface area contributed by atoms with Gasteiger partial charge < -0.3 is 13.9 Å². The van der Waals surface area contributed by atoms with E-state index in [4.69, 9.17) is 25.5 Å². The second-order valence-electron chi connectivity index (χ2n) is 6.80. The van der Waals surface area contributed by atoms with Crippen molar-refractivity contribution < 1.29 is 23.5 Å². The number of oxazole rings is 1. The Morgan fingerprint density at radius 1 is 1.09 bits per heavy atom. The first-order chi connectivity index (χ1) is 15.5. The van der Waals surface area contributed by atoms with Gasteiger partial charge >= 0.3 is 0 Å². The van der Waals surface area contributed by atoms with E-state index in [1.54, 1.807) is 43.5 Å². The van der Waals surface area contributed by atoms with E-state index >= 15 is 0 Å². The molecule has 8 nitrogen and oxygen atoms in total. The molecule has 3 rings (SSSR count). The Hall–Kier alpha value is -3.52. The first-order valence-electron chi connectivity index (χ1n) is 10.1. The van der Waals surface area contributed by atoms with Crippen molar-refractivity contribution in [1.82, 2.24) is 15.8 Å². The first kappa shape index (κ1) is 23.1. The van der Waals surface area contributed by atoms with Gasteiger partial charge in [0.25, 0.3) is 5.91 Å². The summed E-state index contributed by atoms with van der Waals surface area (Å²) in [5.41, 5.74) is 5.44. The highest BCUT2D eigenvalue weighted by atomic mass is 35.5. The average Bonchev–Trinajstić information content (AvgIpc) is 3.26. The number of hydrazine groups is 1. The highest BCUT2D eigenvalue weighted by Crippen LogP contribution is 2.28. The predicted molar refractivity (Wildman–Crippen MR) is 119 cm³/mol. The van der Waals surface area contributed by atoms with Crippen molar-refractivity contribution in [3.05, 3.63) is 65.6 Å². The number of nitrogens with zero attached hydrogens (tertiary/aromatic N) is 1. The Morgan fingerprint density at radius 3 is 2.53 bits per heavy atom. The van der Waals surface area contributed by atoms with Gasteiger partial charge in [-0.15, -0.1) is 0 Å². The lowest BCUT2D eigenvalue weighted by Gasteiger charge is -2.15. The summed E-state index contributed by atoms with van der Waals surface area (Å²) in [6.45, 7) is 4.05. The summed E-state index contributed by atoms with van der Waals surface area (Å²) in [6, 6.07) is 14.2. The fourth-order valence-electron chi connectivity index (χ4n) is 2.77. The predicted octanol–water partition coefficient (Wildman–Crippen LogP) is 3.94. The van der Waals surface area contributed by atoms with Gasteiger partial charge in [-0.25, -0.2) is 4.98 Å². The van der Waals surface area contributed by atoms with Crippen LogP contribution in [-0.2, 0) is 16.0 Å². The minimum atomic E-state index is -0.807. The summed E-state index contributed by atoms with van der Waals surface area (Å²) in [4.78, 5) is 28.4. The van der Waals surface area contributed by atoms with Crippen LogP contribution in [0.2, 0.25) is 5.02 Å². The van der Waals surface area contributed by atoms with Gasteiger partial charge in [0.05, 0.1) is 17.8 Å². The normalized spacial score (nSPS) is 11.5. The van der Waals surface area contributed by atoms with Crippen molar-refractivity contribution in [2.75, 3.05) is 6.61 Å². The number of aryl methyl sites for hydroxylation is 1. The van der Waals surface area contributed by atoms with Crippen LogP contribution in [0, 0.1) is 0 Å². The van der Waals surface area contributed by atoms with Crippen molar-refractivity contribution >= 4 is 23.4 Å². The van der Waals surface area contributed by atoms with Gasteiger partial charge in [-0.3, -0.25) is 20.4 Å². The molecule has 168 valence electrons. The lowest BCUT2D eigenvalue weighted by Crippen LogP contribution is -2.47. The minimum Gasteiger partial charge on any atom is -0.494 e. The zero-order chi connectivity index (χ0) is 22.9. The SMILES string of the molecule is CCOc1ccc(OC(C)C(=O)NNC(=O)CCc2ncc(-c3ccccc3Cl)o2)cc1. The van der Waals surface area contributed by atoms with Crippen LogP contribution in [0.3, 0.4) is 0 Å². The van der Waals surface area contributed by atoms with Crippen molar-refractivity contribution in [2.24, 2.45) is 0 Å². The number of halogens is 1. The van der Waals surface area contributed by atoms with Gasteiger partial charge in [0.15, 0.2) is 17.8 Å². The van der Waals surface area contributed by atoms with E-state index in [1.165, 1.54) is 0 Å². The molecule has 1 unspecified atom stereocenters. The Morgan fingerprint density at radius 2 is 1.81 bits per heavy atom. The third kappa shape index (κ3) is 6.49. The van der Waals surface area contributed by atoms with Gasteiger partial charge in [-0.2, -0.15) is 0 Å². The minimum absolute atomic E-state index is 0.0802. The molecule has 0 fully saturated rings. The van der Waals surface area contributed by atoms with Gasteiger partial charge in [0, 0.05) is 18.4 Å². The quantitative estimate of drug-likeness (QED) is 0.472. The van der Waals surface area contributed by atoms with Crippen LogP contribution in [0.15, 0.2) is 59.1 Å². The molecular formula is C23H24ClN3O5. The van der Waals surface area contributed by atoms with E-state index in [0.29, 0.717) is 34.8 Å². The van der Waals surface area contributed by atoms with Crippen LogP contribution in [0.4, 0.5) is 0 Å². The highest BCUT2D eigenvalue weighted by molar-refractivity contribution is 6.33. The van der Waals surface area contributed by atoms with Crippen LogP contribution in [0.5, 0.6) is 11.5 Å². The molecule has 1 atom stereocenters. The zero-order valence-corrected chi connectivity index (χ0v) is 18.5. The van der Waals surface area contributed by atoms with E-state index in [0.717, 1.165) is 5.56 Å². The maximum Gasteiger partial charge on any atom is 0.279 e. The summed E-state index contributed by atoms with van der Waals surface area (Å²) in [5, 5.41) is 0.553. The number of amides is 2. The molecule has 0 bridgehead atoms. The number of hydrogen-bond donors (Lipinski definition) is 2. The summed E-state index contributed by atoms with van der Waals surface area (Å²) in [7, 11) is 0. The standard InChI is InChI=1S/C23H24ClN3O5/c1-3-30-16-8-10-17(11-9-16)31-15(2)23(29)27-26-21(28)12-13-22-25-14-20(32-22)18-6-4-5-7-19(18)24/h4-11,14-15H,3,12-13H2,1-2H3,(H,26,28)(H,27,29). The van der Waals surface area contributed by atoms with Crippen molar-refractivity contribution in [2.45, 2.75) is 32.8 Å². The number of ether oxygens (including phenoxy) is 2. The molecule has 9 heteroatoms. The molecule has 1 heterocycles. The molecule has 0 aliphatic carbocycles. The van der Waals surface area contributed by atoms with Crippen molar-refractivity contribution in [1.29, 1.82) is 0 Å². The molecule has 0 saturated carbocycles. The Kier molecular flexibility index (Phi) is 8.10. The maximum absolute atomic E-state index is 12.2. The molecule has 1 aromatic heterocycles. The van der Waals surface area contributed by atoms with Crippen LogP contribution in [-0.4, -0.2) is 29.5 Å². The Bertz CT molecular complexity index is 1050. The fourth-order valence-corrected chi connectivity index (χ4v) is 2.99. The van der Waals surface area contributed by atoms with E-state index in [-0.39, 0.29) is 18.7 Å². The molecule has 3 aromatic rings. The van der Waals surface area contributed by atoms with Gasteiger partial charge in [-0.05, 0) is 50.2 Å². The number of carbonyl (C=O) groups is 2. The monoisotopic (exact) mass is 457 g/mol. The van der Waals surface area contributed by atoms with E-state index in [9.17, 15) is 9.59 Å². The maximum atomic E-state index is 12.2. The average molecular weight is 458 g/mol. The number of nitrogens with one attached hydrogen (secondary N) is 2. The summed E-state index contributed by atoms with van der Waals surface area (Å²) >= 11 is 6.15. The van der Waals surface area contributed by atoms with Crippen LogP contribution in [0.1, 0.15) is 26.2 Å². The molecule has 32 heavy (non-hydrogen) atoms. The molecule has 0 spiro atoms. The van der Waals surface area contributed by atoms with Gasteiger partial charge in [0.2, 0.25) is 5.91 Å². The number of aromatic nitrogens is 1. The molecule has 0 aliphatic heterocycles.